The number of nitrogens with zero attached hydrogens (tertiary/aromatic N) is 1. The van der Waals surface area contributed by atoms with Gasteiger partial charge in [0.2, 0.25) is 0 Å². The van der Waals surface area contributed by atoms with E-state index in [1.807, 2.05) is 60.4 Å². The van der Waals surface area contributed by atoms with Crippen molar-refractivity contribution in [3.63, 3.8) is 0 Å². The maximum absolute atomic E-state index is 12.6. The van der Waals surface area contributed by atoms with Crippen molar-refractivity contribution < 1.29 is 9.84 Å². The molecule has 3 rings (SSSR count). The zero-order chi connectivity index (χ0) is 20.8. The number of aliphatic hydroxyl groups is 1. The monoisotopic (exact) mass is 411 g/mol. The average molecular weight is 412 g/mol. The predicted octanol–water partition coefficient (Wildman–Crippen LogP) is 3.43. The maximum Gasteiger partial charge on any atom is 0.253 e. The van der Waals surface area contributed by atoms with Gasteiger partial charge in [0.25, 0.3) is 5.56 Å². The first-order valence-electron chi connectivity index (χ1n) is 9.43. The number of methoxy groups -OCH3 is 1. The van der Waals surface area contributed by atoms with Crippen LogP contribution >= 0.6 is 12.2 Å². The molecule has 0 fully saturated rings. The van der Waals surface area contributed by atoms with Crippen LogP contribution in [0, 0.1) is 6.92 Å². The Kier molecular flexibility index (Phi) is 6.85. The van der Waals surface area contributed by atoms with Crippen LogP contribution in [0.3, 0.4) is 0 Å². The van der Waals surface area contributed by atoms with Crippen molar-refractivity contribution in [1.29, 1.82) is 0 Å². The Morgan fingerprint density at radius 2 is 1.97 bits per heavy atom. The molecule has 0 amide bonds. The zero-order valence-corrected chi connectivity index (χ0v) is 17.4. The highest BCUT2D eigenvalue weighted by Crippen LogP contribution is 2.17. The molecule has 0 bridgehead atoms. The molecular formula is C22H25N3O3S. The summed E-state index contributed by atoms with van der Waals surface area (Å²) in [5.74, 6) is 0.761. The Balaban J connectivity index is 1.82. The third kappa shape index (κ3) is 5.34. The fourth-order valence-electron chi connectivity index (χ4n) is 3.09. The van der Waals surface area contributed by atoms with Gasteiger partial charge in [0.05, 0.1) is 13.7 Å². The minimum Gasteiger partial charge on any atom is -0.497 e. The smallest absolute Gasteiger partial charge is 0.253 e. The molecule has 0 atom stereocenters. The largest absolute Gasteiger partial charge is 0.497 e. The highest BCUT2D eigenvalue weighted by Gasteiger charge is 2.14. The number of hydrogen-bond acceptors (Lipinski definition) is 4. The van der Waals surface area contributed by atoms with Crippen molar-refractivity contribution in [3.8, 4) is 5.75 Å². The van der Waals surface area contributed by atoms with Crippen LogP contribution in [-0.4, -0.2) is 40.4 Å². The molecule has 1 heterocycles. The summed E-state index contributed by atoms with van der Waals surface area (Å²) in [5, 5.41) is 13.9. The van der Waals surface area contributed by atoms with E-state index in [1.165, 1.54) is 0 Å². The molecule has 3 N–H and O–H groups in total. The van der Waals surface area contributed by atoms with Crippen molar-refractivity contribution in [3.05, 3.63) is 70.0 Å². The molecule has 0 aliphatic heterocycles. The molecule has 0 saturated heterocycles. The number of fused-ring (bicyclic) bond motifs is 1. The molecule has 0 aliphatic carbocycles. The standard InChI is InChI=1S/C22H25N3O3S/c1-15-4-9-20-16(12-15)13-17(21(27)24-20)14-25(10-3-11-26)22(29)23-18-5-7-19(28-2)8-6-18/h4-9,12-13,26H,3,10-11,14H2,1-2H3,(H,23,29)(H,24,27). The predicted molar refractivity (Wildman–Crippen MR) is 121 cm³/mol. The van der Waals surface area contributed by atoms with Crippen LogP contribution in [0.25, 0.3) is 10.9 Å². The molecule has 152 valence electrons. The van der Waals surface area contributed by atoms with Gasteiger partial charge < -0.3 is 25.0 Å². The summed E-state index contributed by atoms with van der Waals surface area (Å²) in [4.78, 5) is 17.4. The first kappa shape index (κ1) is 20.8. The molecule has 29 heavy (non-hydrogen) atoms. The minimum atomic E-state index is -0.136. The van der Waals surface area contributed by atoms with Crippen molar-refractivity contribution >= 4 is 33.9 Å². The molecule has 6 nitrogen and oxygen atoms in total. The number of nitrogens with one attached hydrogen (secondary N) is 2. The van der Waals surface area contributed by atoms with E-state index in [2.05, 4.69) is 10.3 Å². The fraction of sp³-hybridized carbons (Fsp3) is 0.273. The number of aliphatic hydroxyl groups excluding tert-OH is 1. The van der Waals surface area contributed by atoms with Crippen molar-refractivity contribution in [2.75, 3.05) is 25.6 Å². The third-order valence-corrected chi connectivity index (χ3v) is 5.01. The van der Waals surface area contributed by atoms with E-state index in [-0.39, 0.29) is 12.2 Å². The number of aryl methyl sites for hydroxylation is 1. The Labute approximate surface area is 175 Å². The second-order valence-electron chi connectivity index (χ2n) is 6.87. The molecule has 0 aliphatic rings. The number of ether oxygens (including phenoxy) is 1. The molecule has 2 aromatic carbocycles. The van der Waals surface area contributed by atoms with Crippen LogP contribution in [0.4, 0.5) is 5.69 Å². The lowest BCUT2D eigenvalue weighted by Gasteiger charge is -2.25. The first-order chi connectivity index (χ1) is 14.0. The SMILES string of the molecule is COc1ccc(NC(=S)N(CCCO)Cc2cc3cc(C)ccc3[nH]c2=O)cc1. The minimum absolute atomic E-state index is 0.0505. The van der Waals surface area contributed by atoms with Crippen molar-refractivity contribution in [2.24, 2.45) is 0 Å². The van der Waals surface area contributed by atoms with E-state index in [0.29, 0.717) is 30.2 Å². The lowest BCUT2D eigenvalue weighted by Crippen LogP contribution is -2.37. The number of benzene rings is 2. The summed E-state index contributed by atoms with van der Waals surface area (Å²) in [5.41, 5.74) is 3.25. The number of rotatable bonds is 7. The summed E-state index contributed by atoms with van der Waals surface area (Å²) in [6.07, 6.45) is 0.551. The number of hydrogen-bond donors (Lipinski definition) is 3. The summed E-state index contributed by atoms with van der Waals surface area (Å²) in [6, 6.07) is 15.3. The van der Waals surface area contributed by atoms with Crippen LogP contribution < -0.4 is 15.6 Å². The Bertz CT molecular complexity index is 1050. The number of aromatic nitrogens is 1. The molecule has 1 aromatic heterocycles. The second-order valence-corrected chi connectivity index (χ2v) is 7.26. The highest BCUT2D eigenvalue weighted by molar-refractivity contribution is 7.80. The molecule has 0 unspecified atom stereocenters. The number of aromatic amines is 1. The molecule has 7 heteroatoms. The van der Waals surface area contributed by atoms with Gasteiger partial charge in [0.1, 0.15) is 5.75 Å². The fourth-order valence-corrected chi connectivity index (χ4v) is 3.36. The molecule has 0 saturated carbocycles. The van der Waals surface area contributed by atoms with Gasteiger partial charge in [-0.05, 0) is 73.4 Å². The summed E-state index contributed by atoms with van der Waals surface area (Å²) in [7, 11) is 1.62. The topological polar surface area (TPSA) is 77.6 Å². The molecular weight excluding hydrogens is 386 g/mol. The lowest BCUT2D eigenvalue weighted by atomic mass is 10.1. The van der Waals surface area contributed by atoms with Gasteiger partial charge in [0, 0.05) is 29.9 Å². The van der Waals surface area contributed by atoms with Gasteiger partial charge >= 0.3 is 0 Å². The van der Waals surface area contributed by atoms with E-state index in [1.54, 1.807) is 7.11 Å². The Morgan fingerprint density at radius 3 is 2.66 bits per heavy atom. The van der Waals surface area contributed by atoms with Gasteiger partial charge in [0.15, 0.2) is 5.11 Å². The van der Waals surface area contributed by atoms with Crippen LogP contribution in [0.5, 0.6) is 5.75 Å². The second kappa shape index (κ2) is 9.54. The maximum atomic E-state index is 12.6. The number of anilines is 1. The third-order valence-electron chi connectivity index (χ3n) is 4.65. The number of thiocarbonyl (C=S) groups is 1. The van der Waals surface area contributed by atoms with Crippen molar-refractivity contribution in [2.45, 2.75) is 19.9 Å². The van der Waals surface area contributed by atoms with E-state index in [4.69, 9.17) is 17.0 Å². The summed E-state index contributed by atoms with van der Waals surface area (Å²) < 4.78 is 5.17. The van der Waals surface area contributed by atoms with E-state index in [0.717, 1.165) is 27.9 Å². The van der Waals surface area contributed by atoms with E-state index < -0.39 is 0 Å². The van der Waals surface area contributed by atoms with Crippen LogP contribution in [0.2, 0.25) is 0 Å². The summed E-state index contributed by atoms with van der Waals surface area (Å²) >= 11 is 5.58. The number of H-pyrrole nitrogens is 1. The van der Waals surface area contributed by atoms with E-state index in [9.17, 15) is 9.90 Å². The Morgan fingerprint density at radius 1 is 1.21 bits per heavy atom. The normalized spacial score (nSPS) is 10.7. The molecule has 0 spiro atoms. The van der Waals surface area contributed by atoms with Gasteiger partial charge in [-0.25, -0.2) is 0 Å². The van der Waals surface area contributed by atoms with Gasteiger partial charge in [-0.15, -0.1) is 0 Å². The van der Waals surface area contributed by atoms with Gasteiger partial charge in [-0.3, -0.25) is 4.79 Å². The summed E-state index contributed by atoms with van der Waals surface area (Å²) in [6.45, 7) is 2.95. The van der Waals surface area contributed by atoms with Crippen molar-refractivity contribution in [1.82, 2.24) is 9.88 Å². The average Bonchev–Trinajstić information content (AvgIpc) is 2.72. The zero-order valence-electron chi connectivity index (χ0n) is 16.6. The quantitative estimate of drug-likeness (QED) is 0.517. The van der Waals surface area contributed by atoms with Gasteiger partial charge in [-0.2, -0.15) is 0 Å². The first-order valence-corrected chi connectivity index (χ1v) is 9.84. The van der Waals surface area contributed by atoms with E-state index >= 15 is 0 Å². The number of pyridine rings is 1. The van der Waals surface area contributed by atoms with Crippen LogP contribution in [-0.2, 0) is 6.54 Å². The van der Waals surface area contributed by atoms with Crippen LogP contribution in [0.15, 0.2) is 53.3 Å². The molecule has 3 aromatic rings. The van der Waals surface area contributed by atoms with Crippen LogP contribution in [0.1, 0.15) is 17.5 Å². The lowest BCUT2D eigenvalue weighted by molar-refractivity contribution is 0.266. The van der Waals surface area contributed by atoms with Gasteiger partial charge in [-0.1, -0.05) is 11.6 Å². The Hall–Kier alpha value is -2.90. The highest BCUT2D eigenvalue weighted by atomic mass is 32.1. The molecule has 0 radical (unpaired) electrons.